The summed E-state index contributed by atoms with van der Waals surface area (Å²) >= 11 is 1.25. The largest absolute Gasteiger partial charge is 0.367 e. The summed E-state index contributed by atoms with van der Waals surface area (Å²) in [5.74, 6) is -0.488. The Bertz CT molecular complexity index is 575. The fourth-order valence-electron chi connectivity index (χ4n) is 1.11. The molecule has 0 aliphatic rings. The summed E-state index contributed by atoms with van der Waals surface area (Å²) < 4.78 is 0. The maximum Gasteiger partial charge on any atom is 0.262 e. The molecule has 0 aliphatic carbocycles. The van der Waals surface area contributed by atoms with Crippen LogP contribution in [0, 0.1) is 6.92 Å². The molecule has 0 saturated carbocycles. The Balaban J connectivity index is 2.21. The van der Waals surface area contributed by atoms with Gasteiger partial charge in [-0.2, -0.15) is 0 Å². The van der Waals surface area contributed by atoms with E-state index in [1.807, 2.05) is 0 Å². The first kappa shape index (κ1) is 10.5. The third-order valence-electron chi connectivity index (χ3n) is 1.82. The number of anilines is 1. The van der Waals surface area contributed by atoms with E-state index in [0.717, 1.165) is 5.01 Å². The topological polar surface area (TPSA) is 87.7 Å². The Morgan fingerprint density at radius 1 is 1.50 bits per heavy atom. The van der Waals surface area contributed by atoms with Crippen molar-refractivity contribution in [1.82, 2.24) is 15.2 Å². The third-order valence-corrected chi connectivity index (χ3v) is 2.57. The van der Waals surface area contributed by atoms with Crippen molar-refractivity contribution in [3.05, 3.63) is 39.3 Å². The molecule has 2 aromatic rings. The first-order valence-corrected chi connectivity index (χ1v) is 5.27. The van der Waals surface area contributed by atoms with Gasteiger partial charge < -0.3 is 4.98 Å². The molecule has 0 unspecified atom stereocenters. The fraction of sp³-hybridized carbons (Fsp3) is 0.111. The van der Waals surface area contributed by atoms with Gasteiger partial charge in [0.05, 0.1) is 0 Å². The molecular weight excluding hydrogens is 228 g/mol. The maximum absolute atomic E-state index is 11.7. The Morgan fingerprint density at radius 3 is 2.94 bits per heavy atom. The smallest absolute Gasteiger partial charge is 0.262 e. The predicted octanol–water partition coefficient (Wildman–Crippen LogP) is 0.787. The van der Waals surface area contributed by atoms with Crippen molar-refractivity contribution in [1.29, 1.82) is 0 Å². The van der Waals surface area contributed by atoms with Gasteiger partial charge in [0.25, 0.3) is 5.91 Å². The number of aromatic amines is 1. The molecule has 16 heavy (non-hydrogen) atoms. The quantitative estimate of drug-likeness (QED) is 0.806. The number of rotatable bonds is 2. The molecule has 82 valence electrons. The standard InChI is InChI=1S/C9H8N4O2S/c1-5-12-13-9(16-5)11-8(15)6-4-10-3-2-7(6)14/h2-4H,1H3,(H,10,14)(H,11,13,15). The second kappa shape index (κ2) is 4.23. The molecule has 0 spiro atoms. The SMILES string of the molecule is Cc1nnc(NC(=O)c2c[nH]ccc2=O)s1. The number of nitrogens with one attached hydrogen (secondary N) is 2. The van der Waals surface area contributed by atoms with Gasteiger partial charge in [0, 0.05) is 18.5 Å². The van der Waals surface area contributed by atoms with Gasteiger partial charge in [0.15, 0.2) is 5.43 Å². The third kappa shape index (κ3) is 2.14. The number of carbonyl (C=O) groups is 1. The van der Waals surface area contributed by atoms with Crippen molar-refractivity contribution in [2.24, 2.45) is 0 Å². The normalized spacial score (nSPS) is 10.1. The second-order valence-corrected chi connectivity index (χ2v) is 4.18. The zero-order chi connectivity index (χ0) is 11.5. The lowest BCUT2D eigenvalue weighted by Gasteiger charge is -1.98. The molecule has 0 atom stereocenters. The van der Waals surface area contributed by atoms with Crippen molar-refractivity contribution in [3.63, 3.8) is 0 Å². The number of amides is 1. The van der Waals surface area contributed by atoms with Crippen LogP contribution in [0.3, 0.4) is 0 Å². The van der Waals surface area contributed by atoms with Crippen molar-refractivity contribution < 1.29 is 4.79 Å². The average molecular weight is 236 g/mol. The monoisotopic (exact) mass is 236 g/mol. The lowest BCUT2D eigenvalue weighted by molar-refractivity contribution is 0.102. The average Bonchev–Trinajstić information content (AvgIpc) is 2.64. The molecule has 0 radical (unpaired) electrons. The van der Waals surface area contributed by atoms with Crippen LogP contribution in [0.1, 0.15) is 15.4 Å². The fourth-order valence-corrected chi connectivity index (χ4v) is 1.69. The van der Waals surface area contributed by atoms with E-state index in [0.29, 0.717) is 5.13 Å². The molecule has 0 bridgehead atoms. The Labute approximate surface area is 94.4 Å². The summed E-state index contributed by atoms with van der Waals surface area (Å²) in [4.78, 5) is 25.7. The van der Waals surface area contributed by atoms with E-state index in [1.165, 1.54) is 29.8 Å². The van der Waals surface area contributed by atoms with Gasteiger partial charge in [-0.15, -0.1) is 10.2 Å². The molecule has 0 fully saturated rings. The van der Waals surface area contributed by atoms with Gasteiger partial charge in [-0.1, -0.05) is 11.3 Å². The van der Waals surface area contributed by atoms with Crippen molar-refractivity contribution in [3.8, 4) is 0 Å². The minimum atomic E-state index is -0.488. The Kier molecular flexibility index (Phi) is 2.78. The van der Waals surface area contributed by atoms with E-state index >= 15 is 0 Å². The second-order valence-electron chi connectivity index (χ2n) is 3.00. The maximum atomic E-state index is 11.7. The van der Waals surface area contributed by atoms with Gasteiger partial charge >= 0.3 is 0 Å². The number of pyridine rings is 1. The lowest BCUT2D eigenvalue weighted by atomic mass is 10.2. The summed E-state index contributed by atoms with van der Waals surface area (Å²) in [6.45, 7) is 1.78. The first-order valence-electron chi connectivity index (χ1n) is 4.45. The van der Waals surface area contributed by atoms with Crippen LogP contribution in [0.15, 0.2) is 23.3 Å². The summed E-state index contributed by atoms with van der Waals surface area (Å²) in [6, 6.07) is 1.29. The predicted molar refractivity (Wildman–Crippen MR) is 59.7 cm³/mol. The Hall–Kier alpha value is -2.02. The van der Waals surface area contributed by atoms with E-state index in [4.69, 9.17) is 0 Å². The minimum absolute atomic E-state index is 0.0513. The van der Waals surface area contributed by atoms with E-state index in [1.54, 1.807) is 6.92 Å². The number of aromatic nitrogens is 3. The van der Waals surface area contributed by atoms with Crippen LogP contribution in [-0.2, 0) is 0 Å². The van der Waals surface area contributed by atoms with Crippen LogP contribution in [0.2, 0.25) is 0 Å². The van der Waals surface area contributed by atoms with E-state index in [-0.39, 0.29) is 11.0 Å². The van der Waals surface area contributed by atoms with E-state index < -0.39 is 5.91 Å². The summed E-state index contributed by atoms with van der Waals surface area (Å²) in [5.41, 5.74) is -0.284. The van der Waals surface area contributed by atoms with Crippen LogP contribution in [0.5, 0.6) is 0 Å². The van der Waals surface area contributed by atoms with Crippen LogP contribution < -0.4 is 10.7 Å². The number of hydrogen-bond donors (Lipinski definition) is 2. The number of carbonyl (C=O) groups excluding carboxylic acids is 1. The highest BCUT2D eigenvalue weighted by atomic mass is 32.1. The van der Waals surface area contributed by atoms with Crippen molar-refractivity contribution >= 4 is 22.4 Å². The van der Waals surface area contributed by atoms with E-state index in [9.17, 15) is 9.59 Å². The summed E-state index contributed by atoms with van der Waals surface area (Å²) in [6.07, 6.45) is 2.82. The van der Waals surface area contributed by atoms with E-state index in [2.05, 4.69) is 20.5 Å². The molecule has 0 aromatic carbocycles. The first-order chi connectivity index (χ1) is 7.66. The van der Waals surface area contributed by atoms with Gasteiger partial charge in [-0.25, -0.2) is 0 Å². The molecule has 0 saturated heterocycles. The number of aryl methyl sites for hydroxylation is 1. The van der Waals surface area contributed by atoms with Gasteiger partial charge in [0.1, 0.15) is 10.6 Å². The molecule has 6 nitrogen and oxygen atoms in total. The van der Waals surface area contributed by atoms with Crippen LogP contribution in [0.4, 0.5) is 5.13 Å². The van der Waals surface area contributed by atoms with Crippen molar-refractivity contribution in [2.75, 3.05) is 5.32 Å². The highest BCUT2D eigenvalue weighted by Gasteiger charge is 2.11. The highest BCUT2D eigenvalue weighted by Crippen LogP contribution is 2.13. The molecule has 2 rings (SSSR count). The molecular formula is C9H8N4O2S. The van der Waals surface area contributed by atoms with Crippen LogP contribution >= 0.6 is 11.3 Å². The van der Waals surface area contributed by atoms with Gasteiger partial charge in [-0.3, -0.25) is 14.9 Å². The molecule has 2 heterocycles. The molecule has 7 heteroatoms. The Morgan fingerprint density at radius 2 is 2.31 bits per heavy atom. The molecule has 1 amide bonds. The summed E-state index contributed by atoms with van der Waals surface area (Å²) in [5, 5.41) is 11.1. The van der Waals surface area contributed by atoms with Gasteiger partial charge in [-0.05, 0) is 6.92 Å². The highest BCUT2D eigenvalue weighted by molar-refractivity contribution is 7.15. The summed E-state index contributed by atoms with van der Waals surface area (Å²) in [7, 11) is 0. The van der Waals surface area contributed by atoms with Crippen molar-refractivity contribution in [2.45, 2.75) is 6.92 Å². The lowest BCUT2D eigenvalue weighted by Crippen LogP contribution is -2.20. The van der Waals surface area contributed by atoms with Gasteiger partial charge in [0.2, 0.25) is 5.13 Å². The minimum Gasteiger partial charge on any atom is -0.367 e. The zero-order valence-electron chi connectivity index (χ0n) is 8.35. The molecule has 2 aromatic heterocycles. The molecule has 0 aliphatic heterocycles. The molecule has 2 N–H and O–H groups in total. The van der Waals surface area contributed by atoms with Crippen LogP contribution in [0.25, 0.3) is 0 Å². The zero-order valence-corrected chi connectivity index (χ0v) is 9.17. The number of H-pyrrole nitrogens is 1. The van der Waals surface area contributed by atoms with Crippen LogP contribution in [-0.4, -0.2) is 21.1 Å². The number of hydrogen-bond acceptors (Lipinski definition) is 5. The number of nitrogens with zero attached hydrogens (tertiary/aromatic N) is 2.